The summed E-state index contributed by atoms with van der Waals surface area (Å²) in [6.45, 7) is 1.83. The molecule has 0 spiro atoms. The van der Waals surface area contributed by atoms with Crippen LogP contribution >= 0.6 is 34.8 Å². The Kier molecular flexibility index (Phi) is 5.86. The fourth-order valence-corrected chi connectivity index (χ4v) is 6.56. The van der Waals surface area contributed by atoms with Crippen molar-refractivity contribution in [1.82, 2.24) is 0 Å². The Balaban J connectivity index is 1.51. The van der Waals surface area contributed by atoms with Gasteiger partial charge in [-0.05, 0) is 78.4 Å². The molecule has 3 aromatic carbocycles. The van der Waals surface area contributed by atoms with Crippen LogP contribution in [0.5, 0.6) is 0 Å². The van der Waals surface area contributed by atoms with E-state index in [4.69, 9.17) is 34.8 Å². The highest BCUT2D eigenvalue weighted by atomic mass is 35.5. The summed E-state index contributed by atoms with van der Waals surface area (Å²) in [5.41, 5.74) is 4.11. The van der Waals surface area contributed by atoms with E-state index in [1.807, 2.05) is 25.1 Å². The number of rotatable bonds is 4. The van der Waals surface area contributed by atoms with E-state index in [9.17, 15) is 8.42 Å². The summed E-state index contributed by atoms with van der Waals surface area (Å²) in [6, 6.07) is 15.9. The Hall–Kier alpha value is -2.18. The third kappa shape index (κ3) is 4.24. The van der Waals surface area contributed by atoms with Gasteiger partial charge in [0.05, 0.1) is 16.6 Å². The summed E-state index contributed by atoms with van der Waals surface area (Å²) in [4.78, 5) is 0.212. The van der Waals surface area contributed by atoms with Crippen molar-refractivity contribution in [3.8, 4) is 0 Å². The van der Waals surface area contributed by atoms with Gasteiger partial charge >= 0.3 is 0 Å². The molecule has 33 heavy (non-hydrogen) atoms. The molecule has 170 valence electrons. The number of hydrogen-bond acceptors (Lipinski definition) is 3. The monoisotopic (exact) mass is 518 g/mol. The van der Waals surface area contributed by atoms with Crippen LogP contribution in [0.4, 0.5) is 11.4 Å². The van der Waals surface area contributed by atoms with Gasteiger partial charge in [-0.1, -0.05) is 59.1 Å². The fraction of sp³-hybridized carbons (Fsp3) is 0.200. The van der Waals surface area contributed by atoms with Crippen molar-refractivity contribution < 1.29 is 8.42 Å². The van der Waals surface area contributed by atoms with Gasteiger partial charge in [0.2, 0.25) is 0 Å². The first kappa shape index (κ1) is 22.6. The summed E-state index contributed by atoms with van der Waals surface area (Å²) in [7, 11) is -3.79. The lowest BCUT2D eigenvalue weighted by molar-refractivity contribution is 0.425. The van der Waals surface area contributed by atoms with Crippen LogP contribution in [0.1, 0.15) is 35.1 Å². The largest absolute Gasteiger partial charge is 0.378 e. The molecule has 3 aromatic rings. The first-order valence-corrected chi connectivity index (χ1v) is 13.2. The summed E-state index contributed by atoms with van der Waals surface area (Å²) in [6.07, 6.45) is 5.18. The average molecular weight is 520 g/mol. The van der Waals surface area contributed by atoms with E-state index < -0.39 is 10.0 Å². The molecule has 1 aliphatic heterocycles. The number of sulfonamides is 1. The van der Waals surface area contributed by atoms with Gasteiger partial charge in [-0.15, -0.1) is 0 Å². The Morgan fingerprint density at radius 3 is 2.48 bits per heavy atom. The average Bonchev–Trinajstić information content (AvgIpc) is 3.26. The molecule has 1 heterocycles. The number of aryl methyl sites for hydroxylation is 1. The maximum absolute atomic E-state index is 13.2. The molecule has 2 N–H and O–H groups in total. The van der Waals surface area contributed by atoms with Crippen molar-refractivity contribution in [2.45, 2.75) is 30.2 Å². The van der Waals surface area contributed by atoms with Crippen LogP contribution in [0.25, 0.3) is 0 Å². The molecule has 1 aliphatic carbocycles. The minimum absolute atomic E-state index is 0.00282. The quantitative estimate of drug-likeness (QED) is 0.349. The van der Waals surface area contributed by atoms with Gasteiger partial charge < -0.3 is 5.32 Å². The molecule has 0 bridgehead atoms. The molecular formula is C25H21Cl3N2O2S. The standard InChI is InChI=1S/C25H21Cl3N2O2S/c1-14-5-6-16(27)12-24(14)30-33(31,32)17-8-10-23-21(13-17)18-3-2-4-19(18)25(29-23)20-9-7-15(26)11-22(20)28/h2-3,5-13,18-19,25,29-30H,4H2,1H3/t18-,19+,25-/m0/s1. The highest BCUT2D eigenvalue weighted by molar-refractivity contribution is 7.92. The molecule has 0 saturated heterocycles. The maximum atomic E-state index is 13.2. The van der Waals surface area contributed by atoms with Crippen molar-refractivity contribution in [1.29, 1.82) is 0 Å². The second-order valence-electron chi connectivity index (χ2n) is 8.46. The third-order valence-electron chi connectivity index (χ3n) is 6.39. The molecule has 0 amide bonds. The van der Waals surface area contributed by atoms with E-state index in [1.54, 1.807) is 36.4 Å². The predicted octanol–water partition coefficient (Wildman–Crippen LogP) is 7.58. The van der Waals surface area contributed by atoms with Gasteiger partial charge in [0.1, 0.15) is 0 Å². The van der Waals surface area contributed by atoms with E-state index in [1.165, 1.54) is 0 Å². The number of fused-ring (bicyclic) bond motifs is 3. The lowest BCUT2D eigenvalue weighted by Crippen LogP contribution is -2.29. The Bertz CT molecular complexity index is 1390. The maximum Gasteiger partial charge on any atom is 0.261 e. The second-order valence-corrected chi connectivity index (χ2v) is 11.4. The highest BCUT2D eigenvalue weighted by Crippen LogP contribution is 2.51. The molecule has 0 unspecified atom stereocenters. The number of halogens is 3. The van der Waals surface area contributed by atoms with E-state index in [-0.39, 0.29) is 22.8 Å². The number of allylic oxidation sites excluding steroid dienone is 2. The van der Waals surface area contributed by atoms with Crippen LogP contribution < -0.4 is 10.0 Å². The van der Waals surface area contributed by atoms with Gasteiger partial charge in [0.15, 0.2) is 0 Å². The van der Waals surface area contributed by atoms with Gasteiger partial charge in [0, 0.05) is 26.7 Å². The van der Waals surface area contributed by atoms with Crippen LogP contribution in [0.2, 0.25) is 15.1 Å². The smallest absolute Gasteiger partial charge is 0.261 e. The first-order valence-electron chi connectivity index (χ1n) is 10.5. The third-order valence-corrected chi connectivity index (χ3v) is 8.55. The zero-order valence-electron chi connectivity index (χ0n) is 17.6. The van der Waals surface area contributed by atoms with E-state index in [2.05, 4.69) is 22.2 Å². The molecule has 4 nitrogen and oxygen atoms in total. The fourth-order valence-electron chi connectivity index (χ4n) is 4.71. The normalized spacial score (nSPS) is 21.3. The molecule has 0 aromatic heterocycles. The van der Waals surface area contributed by atoms with Crippen molar-refractivity contribution >= 4 is 56.2 Å². The van der Waals surface area contributed by atoms with E-state index >= 15 is 0 Å². The zero-order valence-corrected chi connectivity index (χ0v) is 20.7. The van der Waals surface area contributed by atoms with Gasteiger partial charge in [-0.25, -0.2) is 8.42 Å². The van der Waals surface area contributed by atoms with Gasteiger partial charge in [-0.2, -0.15) is 0 Å². The number of nitrogens with one attached hydrogen (secondary N) is 2. The van der Waals surface area contributed by atoms with Crippen LogP contribution in [-0.4, -0.2) is 8.42 Å². The van der Waals surface area contributed by atoms with Crippen LogP contribution in [0.3, 0.4) is 0 Å². The topological polar surface area (TPSA) is 58.2 Å². The van der Waals surface area contributed by atoms with Crippen molar-refractivity contribution in [2.24, 2.45) is 5.92 Å². The number of benzene rings is 3. The van der Waals surface area contributed by atoms with Crippen molar-refractivity contribution in [2.75, 3.05) is 10.0 Å². The van der Waals surface area contributed by atoms with Crippen LogP contribution in [-0.2, 0) is 10.0 Å². The predicted molar refractivity (Wildman–Crippen MR) is 136 cm³/mol. The molecule has 0 saturated carbocycles. The Morgan fingerprint density at radius 1 is 0.939 bits per heavy atom. The summed E-state index contributed by atoms with van der Waals surface area (Å²) < 4.78 is 29.0. The van der Waals surface area contributed by atoms with E-state index in [0.29, 0.717) is 20.8 Å². The molecule has 0 radical (unpaired) electrons. The van der Waals surface area contributed by atoms with E-state index in [0.717, 1.165) is 28.8 Å². The van der Waals surface area contributed by atoms with Gasteiger partial charge in [-0.3, -0.25) is 4.72 Å². The number of hydrogen-bond donors (Lipinski definition) is 2. The second kappa shape index (κ2) is 8.55. The minimum Gasteiger partial charge on any atom is -0.378 e. The molecule has 0 fully saturated rings. The summed E-state index contributed by atoms with van der Waals surface area (Å²) >= 11 is 18.7. The zero-order chi connectivity index (χ0) is 23.3. The first-order chi connectivity index (χ1) is 15.7. The van der Waals surface area contributed by atoms with Crippen molar-refractivity contribution in [3.63, 3.8) is 0 Å². The van der Waals surface area contributed by atoms with Gasteiger partial charge in [0.25, 0.3) is 10.0 Å². The lowest BCUT2D eigenvalue weighted by Gasteiger charge is -2.38. The molecule has 5 rings (SSSR count). The molecule has 2 aliphatic rings. The lowest BCUT2D eigenvalue weighted by atomic mass is 9.77. The highest BCUT2D eigenvalue weighted by Gasteiger charge is 2.39. The molecular weight excluding hydrogens is 499 g/mol. The Morgan fingerprint density at radius 2 is 1.70 bits per heavy atom. The summed E-state index contributed by atoms with van der Waals surface area (Å²) in [5.74, 6) is 0.304. The van der Waals surface area contributed by atoms with Crippen molar-refractivity contribution in [3.05, 3.63) is 98.5 Å². The minimum atomic E-state index is -3.79. The molecule has 8 heteroatoms. The van der Waals surface area contributed by atoms with Crippen LogP contribution in [0, 0.1) is 12.8 Å². The van der Waals surface area contributed by atoms with Crippen LogP contribution in [0.15, 0.2) is 71.6 Å². The molecule has 3 atom stereocenters. The number of anilines is 2. The summed E-state index contributed by atoms with van der Waals surface area (Å²) in [5, 5.41) is 5.28. The SMILES string of the molecule is Cc1ccc(Cl)cc1NS(=O)(=O)c1ccc2c(c1)[C@H]1C=CC[C@H]1[C@@H](c1ccc(Cl)cc1Cl)N2. The Labute approximate surface area is 208 Å².